The summed E-state index contributed by atoms with van der Waals surface area (Å²) < 4.78 is 98.4. The molecule has 0 saturated carbocycles. The number of methoxy groups -OCH3 is 3. The van der Waals surface area contributed by atoms with Crippen LogP contribution in [0.3, 0.4) is 0 Å². The molecule has 0 aliphatic carbocycles. The zero-order valence-electron chi connectivity index (χ0n) is 15.4. The Labute approximate surface area is 161 Å². The summed E-state index contributed by atoms with van der Waals surface area (Å²) in [6, 6.07) is 5.38. The minimum Gasteiger partial charge on any atom is -0.496 e. The Bertz CT molecular complexity index is 788. The van der Waals surface area contributed by atoms with Crippen LogP contribution in [0.1, 0.15) is 11.1 Å². The summed E-state index contributed by atoms with van der Waals surface area (Å²) in [5, 5.41) is 0. The van der Waals surface area contributed by atoms with Crippen LogP contribution in [0.15, 0.2) is 30.3 Å². The van der Waals surface area contributed by atoms with E-state index in [-0.39, 0.29) is 23.5 Å². The maximum Gasteiger partial charge on any atom is 0.573 e. The van der Waals surface area contributed by atoms with E-state index in [1.807, 2.05) is 0 Å². The van der Waals surface area contributed by atoms with Gasteiger partial charge in [0.15, 0.2) is 0 Å². The molecule has 0 aliphatic rings. The highest BCUT2D eigenvalue weighted by atomic mass is 19.4. The van der Waals surface area contributed by atoms with Gasteiger partial charge < -0.3 is 23.7 Å². The zero-order chi connectivity index (χ0) is 21.8. The summed E-state index contributed by atoms with van der Waals surface area (Å²) in [7, 11) is 4.10. The van der Waals surface area contributed by atoms with Crippen molar-refractivity contribution < 1.29 is 50.0 Å². The van der Waals surface area contributed by atoms with Gasteiger partial charge in [-0.05, 0) is 17.7 Å². The SMILES string of the molecule is COc1cc(OC)c(Cc2cc(OC(F)(F)F)cc(OC(F)(F)F)c2)c(OC)c1. The summed E-state index contributed by atoms with van der Waals surface area (Å²) >= 11 is 0. The Morgan fingerprint density at radius 3 is 1.41 bits per heavy atom. The van der Waals surface area contributed by atoms with Crippen molar-refractivity contribution in [2.45, 2.75) is 19.1 Å². The van der Waals surface area contributed by atoms with Crippen molar-refractivity contribution >= 4 is 0 Å². The van der Waals surface area contributed by atoms with Crippen LogP contribution >= 0.6 is 0 Å². The molecule has 5 nitrogen and oxygen atoms in total. The first-order valence-electron chi connectivity index (χ1n) is 7.88. The fourth-order valence-corrected chi connectivity index (χ4v) is 2.57. The molecule has 0 unspecified atom stereocenters. The minimum atomic E-state index is -5.09. The molecule has 29 heavy (non-hydrogen) atoms. The third kappa shape index (κ3) is 6.54. The second-order valence-electron chi connectivity index (χ2n) is 5.60. The molecule has 2 aromatic carbocycles. The molecule has 0 heterocycles. The molecule has 0 aromatic heterocycles. The molecule has 0 fully saturated rings. The van der Waals surface area contributed by atoms with Crippen LogP contribution in [0, 0.1) is 0 Å². The quantitative estimate of drug-likeness (QED) is 0.577. The number of rotatable bonds is 7. The van der Waals surface area contributed by atoms with Crippen molar-refractivity contribution in [3.8, 4) is 28.7 Å². The van der Waals surface area contributed by atoms with Gasteiger partial charge in [-0.3, -0.25) is 0 Å². The van der Waals surface area contributed by atoms with Crippen LogP contribution in [0.2, 0.25) is 0 Å². The van der Waals surface area contributed by atoms with E-state index >= 15 is 0 Å². The lowest BCUT2D eigenvalue weighted by Crippen LogP contribution is -2.19. The van der Waals surface area contributed by atoms with E-state index in [2.05, 4.69) is 9.47 Å². The number of halogens is 6. The standard InChI is InChI=1S/C18H16F6O5/c1-25-11-8-15(26-2)14(16(9-11)27-3)6-10-4-12(28-17(19,20)21)7-13(5-10)29-18(22,23)24/h4-5,7-9H,6H2,1-3H3. The van der Waals surface area contributed by atoms with E-state index < -0.39 is 24.2 Å². The third-order valence-electron chi connectivity index (χ3n) is 3.60. The molecule has 0 bridgehead atoms. The molecule has 0 atom stereocenters. The van der Waals surface area contributed by atoms with Gasteiger partial charge in [0.2, 0.25) is 0 Å². The van der Waals surface area contributed by atoms with Gasteiger partial charge in [0, 0.05) is 30.2 Å². The highest BCUT2D eigenvalue weighted by Gasteiger charge is 2.34. The summed E-state index contributed by atoms with van der Waals surface area (Å²) in [5.74, 6) is -0.803. The largest absolute Gasteiger partial charge is 0.573 e. The topological polar surface area (TPSA) is 46.2 Å². The summed E-state index contributed by atoms with van der Waals surface area (Å²) in [4.78, 5) is 0. The molecule has 0 spiro atoms. The molecule has 2 rings (SSSR count). The first kappa shape index (κ1) is 22.3. The van der Waals surface area contributed by atoms with Crippen LogP contribution in [0.25, 0.3) is 0 Å². The molecule has 160 valence electrons. The lowest BCUT2D eigenvalue weighted by Gasteiger charge is -2.17. The van der Waals surface area contributed by atoms with Crippen molar-refractivity contribution in [3.63, 3.8) is 0 Å². The number of hydrogen-bond acceptors (Lipinski definition) is 5. The second-order valence-corrected chi connectivity index (χ2v) is 5.60. The van der Waals surface area contributed by atoms with Crippen molar-refractivity contribution in [2.24, 2.45) is 0 Å². The fourth-order valence-electron chi connectivity index (χ4n) is 2.57. The van der Waals surface area contributed by atoms with Gasteiger partial charge in [0.1, 0.15) is 28.7 Å². The van der Waals surface area contributed by atoms with Crippen molar-refractivity contribution in [2.75, 3.05) is 21.3 Å². The Morgan fingerprint density at radius 1 is 0.621 bits per heavy atom. The first-order valence-corrected chi connectivity index (χ1v) is 7.88. The van der Waals surface area contributed by atoms with E-state index in [9.17, 15) is 26.3 Å². The van der Waals surface area contributed by atoms with Crippen LogP contribution in [0.4, 0.5) is 26.3 Å². The zero-order valence-corrected chi connectivity index (χ0v) is 15.4. The Morgan fingerprint density at radius 2 is 1.07 bits per heavy atom. The van der Waals surface area contributed by atoms with Crippen molar-refractivity contribution in [1.82, 2.24) is 0 Å². The van der Waals surface area contributed by atoms with E-state index in [0.717, 1.165) is 12.1 Å². The average molecular weight is 426 g/mol. The lowest BCUT2D eigenvalue weighted by atomic mass is 10.0. The molecule has 0 amide bonds. The predicted molar refractivity (Wildman–Crippen MR) is 88.7 cm³/mol. The number of ether oxygens (including phenoxy) is 5. The molecule has 0 aliphatic heterocycles. The predicted octanol–water partition coefficient (Wildman–Crippen LogP) is 5.10. The van der Waals surface area contributed by atoms with Gasteiger partial charge >= 0.3 is 12.7 Å². The monoisotopic (exact) mass is 426 g/mol. The summed E-state index contributed by atoms with van der Waals surface area (Å²) in [6.45, 7) is 0. The summed E-state index contributed by atoms with van der Waals surface area (Å²) in [5.41, 5.74) is 0.408. The average Bonchev–Trinajstić information content (AvgIpc) is 2.58. The van der Waals surface area contributed by atoms with E-state index in [1.54, 1.807) is 0 Å². The van der Waals surface area contributed by atoms with Gasteiger partial charge in [-0.15, -0.1) is 26.3 Å². The second kappa shape index (κ2) is 8.58. The van der Waals surface area contributed by atoms with Gasteiger partial charge in [0.25, 0.3) is 0 Å². The van der Waals surface area contributed by atoms with Gasteiger partial charge in [0.05, 0.1) is 21.3 Å². The van der Waals surface area contributed by atoms with Gasteiger partial charge in [-0.25, -0.2) is 0 Å². The molecule has 11 heteroatoms. The molecule has 0 N–H and O–H groups in total. The number of benzene rings is 2. The maximum atomic E-state index is 12.6. The molecule has 0 radical (unpaired) electrons. The van der Waals surface area contributed by atoms with Crippen LogP contribution in [0.5, 0.6) is 28.7 Å². The van der Waals surface area contributed by atoms with E-state index in [0.29, 0.717) is 17.4 Å². The highest BCUT2D eigenvalue weighted by molar-refractivity contribution is 5.53. The molecular formula is C18H16F6O5. The third-order valence-corrected chi connectivity index (χ3v) is 3.60. The maximum absolute atomic E-state index is 12.6. The highest BCUT2D eigenvalue weighted by Crippen LogP contribution is 2.38. The first-order chi connectivity index (χ1) is 13.4. The van der Waals surface area contributed by atoms with E-state index in [4.69, 9.17) is 14.2 Å². The molecule has 0 saturated heterocycles. The molecular weight excluding hydrogens is 410 g/mol. The normalized spacial score (nSPS) is 11.8. The van der Waals surface area contributed by atoms with Crippen LogP contribution in [-0.4, -0.2) is 34.1 Å². The summed E-state index contributed by atoms with van der Waals surface area (Å²) in [6.07, 6.45) is -10.3. The smallest absolute Gasteiger partial charge is 0.496 e. The van der Waals surface area contributed by atoms with Crippen molar-refractivity contribution in [1.29, 1.82) is 0 Å². The lowest BCUT2D eigenvalue weighted by molar-refractivity contribution is -0.276. The van der Waals surface area contributed by atoms with Gasteiger partial charge in [-0.1, -0.05) is 0 Å². The molecule has 2 aromatic rings. The number of hydrogen-bond donors (Lipinski definition) is 0. The Balaban J connectivity index is 2.51. The van der Waals surface area contributed by atoms with Crippen LogP contribution < -0.4 is 23.7 Å². The van der Waals surface area contributed by atoms with Crippen LogP contribution in [-0.2, 0) is 6.42 Å². The van der Waals surface area contributed by atoms with E-state index in [1.165, 1.54) is 33.5 Å². The Hall–Kier alpha value is -2.98. The van der Waals surface area contributed by atoms with Gasteiger partial charge in [-0.2, -0.15) is 0 Å². The Kier molecular flexibility index (Phi) is 6.60. The number of alkyl halides is 6. The van der Waals surface area contributed by atoms with Crippen molar-refractivity contribution in [3.05, 3.63) is 41.5 Å². The fraction of sp³-hybridized carbons (Fsp3) is 0.333. The minimum absolute atomic E-state index is 0.0350.